The fourth-order valence-electron chi connectivity index (χ4n) is 1.59. The normalized spacial score (nSPS) is 12.8. The van der Waals surface area contributed by atoms with E-state index >= 15 is 0 Å². The van der Waals surface area contributed by atoms with Crippen LogP contribution in [-0.4, -0.2) is 35.6 Å². The number of hydrogen-bond donors (Lipinski definition) is 1. The van der Waals surface area contributed by atoms with Crippen LogP contribution in [0.3, 0.4) is 0 Å². The number of aryl methyl sites for hydroxylation is 1. The Kier molecular flexibility index (Phi) is 5.15. The van der Waals surface area contributed by atoms with Crippen LogP contribution in [0, 0.1) is 6.92 Å². The summed E-state index contributed by atoms with van der Waals surface area (Å²) in [5.41, 5.74) is 2.49. The van der Waals surface area contributed by atoms with Crippen molar-refractivity contribution in [2.24, 2.45) is 0 Å². The van der Waals surface area contributed by atoms with E-state index in [9.17, 15) is 4.79 Å². The first-order valence-electron chi connectivity index (χ1n) is 5.60. The van der Waals surface area contributed by atoms with E-state index in [-0.39, 0.29) is 0 Å². The Morgan fingerprint density at radius 3 is 2.76 bits per heavy atom. The lowest BCUT2D eigenvalue weighted by molar-refractivity contribution is -0.142. The second-order valence-electron chi connectivity index (χ2n) is 4.32. The molecule has 0 bridgehead atoms. The van der Waals surface area contributed by atoms with Crippen LogP contribution in [0.4, 0.5) is 0 Å². The Bertz CT molecular complexity index is 406. The molecular formula is C13H18BrNO2. The summed E-state index contributed by atoms with van der Waals surface area (Å²) in [6.45, 7) is 4.52. The fourth-order valence-corrected chi connectivity index (χ4v) is 2.00. The number of rotatable bonds is 5. The van der Waals surface area contributed by atoms with Crippen LogP contribution >= 0.6 is 15.9 Å². The molecule has 0 aliphatic rings. The Morgan fingerprint density at radius 1 is 1.53 bits per heavy atom. The first kappa shape index (κ1) is 14.2. The van der Waals surface area contributed by atoms with Gasteiger partial charge in [-0.2, -0.15) is 0 Å². The summed E-state index contributed by atoms with van der Waals surface area (Å²) < 4.78 is 1.06. The van der Waals surface area contributed by atoms with Gasteiger partial charge in [0.2, 0.25) is 0 Å². The van der Waals surface area contributed by atoms with Crippen molar-refractivity contribution in [2.45, 2.75) is 26.3 Å². The van der Waals surface area contributed by atoms with Crippen molar-refractivity contribution >= 4 is 21.9 Å². The van der Waals surface area contributed by atoms with Crippen molar-refractivity contribution in [1.29, 1.82) is 0 Å². The minimum Gasteiger partial charge on any atom is -0.480 e. The van der Waals surface area contributed by atoms with E-state index in [1.54, 1.807) is 6.92 Å². The van der Waals surface area contributed by atoms with Crippen molar-refractivity contribution < 1.29 is 9.90 Å². The molecule has 0 aliphatic heterocycles. The zero-order valence-corrected chi connectivity index (χ0v) is 12.0. The predicted molar refractivity (Wildman–Crippen MR) is 72.3 cm³/mol. The molecule has 0 spiro atoms. The standard InChI is InChI=1S/C13H18BrNO2/c1-9-4-5-12(14)8-11(9)6-7-15(3)10(2)13(16)17/h4-5,8,10H,6-7H2,1-3H3,(H,16,17). The molecule has 1 aromatic carbocycles. The largest absolute Gasteiger partial charge is 0.480 e. The molecular weight excluding hydrogens is 282 g/mol. The predicted octanol–water partition coefficient (Wildman–Crippen LogP) is 2.70. The molecule has 0 amide bonds. The lowest BCUT2D eigenvalue weighted by atomic mass is 10.1. The molecule has 1 aromatic rings. The van der Waals surface area contributed by atoms with Gasteiger partial charge in [0.25, 0.3) is 0 Å². The summed E-state index contributed by atoms with van der Waals surface area (Å²) in [6, 6.07) is 5.74. The number of nitrogens with zero attached hydrogens (tertiary/aromatic N) is 1. The lowest BCUT2D eigenvalue weighted by Crippen LogP contribution is -2.37. The number of carboxylic acid groups (broad SMARTS) is 1. The molecule has 3 nitrogen and oxygen atoms in total. The monoisotopic (exact) mass is 299 g/mol. The van der Waals surface area contributed by atoms with E-state index in [1.165, 1.54) is 11.1 Å². The van der Waals surface area contributed by atoms with Crippen LogP contribution in [0.1, 0.15) is 18.1 Å². The molecule has 0 fully saturated rings. The molecule has 17 heavy (non-hydrogen) atoms. The third-order valence-corrected chi connectivity index (χ3v) is 3.56. The molecule has 0 saturated carbocycles. The number of aliphatic carboxylic acids is 1. The Hall–Kier alpha value is -0.870. The van der Waals surface area contributed by atoms with E-state index in [4.69, 9.17) is 5.11 Å². The molecule has 94 valence electrons. The number of benzene rings is 1. The second-order valence-corrected chi connectivity index (χ2v) is 5.23. The number of likely N-dealkylation sites (N-methyl/N-ethyl adjacent to an activating group) is 1. The summed E-state index contributed by atoms with van der Waals surface area (Å²) in [4.78, 5) is 12.7. The lowest BCUT2D eigenvalue weighted by Gasteiger charge is -2.21. The summed E-state index contributed by atoms with van der Waals surface area (Å²) in [7, 11) is 1.84. The molecule has 1 atom stereocenters. The Labute approximate surface area is 111 Å². The molecule has 0 aliphatic carbocycles. The van der Waals surface area contributed by atoms with Gasteiger partial charge < -0.3 is 5.11 Å². The fraction of sp³-hybridized carbons (Fsp3) is 0.462. The zero-order chi connectivity index (χ0) is 13.0. The summed E-state index contributed by atoms with van der Waals surface area (Å²) >= 11 is 3.45. The summed E-state index contributed by atoms with van der Waals surface area (Å²) in [5.74, 6) is -0.779. The molecule has 1 N–H and O–H groups in total. The van der Waals surface area contributed by atoms with Crippen molar-refractivity contribution in [3.8, 4) is 0 Å². The highest BCUT2D eigenvalue weighted by Gasteiger charge is 2.16. The second kappa shape index (κ2) is 6.17. The van der Waals surface area contributed by atoms with Crippen LogP contribution in [-0.2, 0) is 11.2 Å². The average molecular weight is 300 g/mol. The van der Waals surface area contributed by atoms with Gasteiger partial charge in [0.05, 0.1) is 0 Å². The number of hydrogen-bond acceptors (Lipinski definition) is 2. The molecule has 0 radical (unpaired) electrons. The van der Waals surface area contributed by atoms with Crippen molar-refractivity contribution in [3.63, 3.8) is 0 Å². The van der Waals surface area contributed by atoms with E-state index in [2.05, 4.69) is 35.0 Å². The first-order valence-corrected chi connectivity index (χ1v) is 6.39. The van der Waals surface area contributed by atoms with Gasteiger partial charge in [-0.25, -0.2) is 0 Å². The molecule has 1 unspecified atom stereocenters. The van der Waals surface area contributed by atoms with Gasteiger partial charge in [0.15, 0.2) is 0 Å². The van der Waals surface area contributed by atoms with Gasteiger partial charge in [0.1, 0.15) is 6.04 Å². The maximum atomic E-state index is 10.8. The van der Waals surface area contributed by atoms with Gasteiger partial charge in [0, 0.05) is 11.0 Å². The van der Waals surface area contributed by atoms with E-state index in [1.807, 2.05) is 18.0 Å². The Morgan fingerprint density at radius 2 is 2.18 bits per heavy atom. The zero-order valence-electron chi connectivity index (χ0n) is 10.4. The van der Waals surface area contributed by atoms with Crippen LogP contribution < -0.4 is 0 Å². The molecule has 0 saturated heterocycles. The van der Waals surface area contributed by atoms with Crippen LogP contribution in [0.25, 0.3) is 0 Å². The molecule has 1 rings (SSSR count). The van der Waals surface area contributed by atoms with E-state index in [0.717, 1.165) is 17.4 Å². The van der Waals surface area contributed by atoms with Gasteiger partial charge in [-0.05, 0) is 50.6 Å². The van der Waals surface area contributed by atoms with Crippen LogP contribution in [0.5, 0.6) is 0 Å². The van der Waals surface area contributed by atoms with Crippen molar-refractivity contribution in [3.05, 3.63) is 33.8 Å². The highest BCUT2D eigenvalue weighted by molar-refractivity contribution is 9.10. The van der Waals surface area contributed by atoms with Crippen LogP contribution in [0.2, 0.25) is 0 Å². The highest BCUT2D eigenvalue weighted by Crippen LogP contribution is 2.16. The SMILES string of the molecule is Cc1ccc(Br)cc1CCN(C)C(C)C(=O)O. The maximum Gasteiger partial charge on any atom is 0.320 e. The average Bonchev–Trinajstić information content (AvgIpc) is 2.28. The number of carboxylic acids is 1. The van der Waals surface area contributed by atoms with Crippen molar-refractivity contribution in [2.75, 3.05) is 13.6 Å². The molecule has 0 heterocycles. The van der Waals surface area contributed by atoms with Gasteiger partial charge >= 0.3 is 5.97 Å². The molecule has 4 heteroatoms. The smallest absolute Gasteiger partial charge is 0.320 e. The third-order valence-electron chi connectivity index (χ3n) is 3.06. The summed E-state index contributed by atoms with van der Waals surface area (Å²) in [5, 5.41) is 8.90. The quantitative estimate of drug-likeness (QED) is 0.909. The van der Waals surface area contributed by atoms with Gasteiger partial charge in [-0.1, -0.05) is 22.0 Å². The molecule has 0 aromatic heterocycles. The third kappa shape index (κ3) is 4.13. The Balaban J connectivity index is 2.61. The number of halogens is 1. The minimum absolute atomic E-state index is 0.442. The number of carbonyl (C=O) groups is 1. The highest BCUT2D eigenvalue weighted by atomic mass is 79.9. The van der Waals surface area contributed by atoms with Crippen LogP contribution in [0.15, 0.2) is 22.7 Å². The maximum absolute atomic E-state index is 10.8. The topological polar surface area (TPSA) is 40.5 Å². The minimum atomic E-state index is -0.779. The van der Waals surface area contributed by atoms with Gasteiger partial charge in [-0.3, -0.25) is 9.69 Å². The van der Waals surface area contributed by atoms with E-state index < -0.39 is 12.0 Å². The van der Waals surface area contributed by atoms with Crippen molar-refractivity contribution in [1.82, 2.24) is 4.90 Å². The van der Waals surface area contributed by atoms with E-state index in [0.29, 0.717) is 0 Å². The first-order chi connectivity index (χ1) is 7.91. The summed E-state index contributed by atoms with van der Waals surface area (Å²) in [6.07, 6.45) is 0.861. The van der Waals surface area contributed by atoms with Gasteiger partial charge in [-0.15, -0.1) is 0 Å².